The molecule has 0 amide bonds. The molecular formula is C33H31FN6O3. The van der Waals surface area contributed by atoms with Crippen LogP contribution in [-0.4, -0.2) is 52.0 Å². The lowest BCUT2D eigenvalue weighted by Gasteiger charge is -2.33. The van der Waals surface area contributed by atoms with Crippen LogP contribution >= 0.6 is 0 Å². The van der Waals surface area contributed by atoms with Crippen LogP contribution in [-0.2, 0) is 6.42 Å². The Morgan fingerprint density at radius 1 is 1.05 bits per heavy atom. The van der Waals surface area contributed by atoms with E-state index in [4.69, 9.17) is 15.6 Å². The third-order valence-corrected chi connectivity index (χ3v) is 8.05. The van der Waals surface area contributed by atoms with E-state index >= 15 is 0 Å². The van der Waals surface area contributed by atoms with Gasteiger partial charge in [0.15, 0.2) is 11.4 Å². The van der Waals surface area contributed by atoms with Crippen molar-refractivity contribution in [3.8, 4) is 17.0 Å². The second-order valence-electron chi connectivity index (χ2n) is 10.6. The van der Waals surface area contributed by atoms with Gasteiger partial charge in [0.05, 0.1) is 24.1 Å². The standard InChI is InChI=1S/C33H31FN6O3/c1-43-29-13-9-24(34)18-27(29)28(42)12-6-21-2-7-23(8-3-21)31-30-32(35)36-20-37-33(30)40(38-31)26-14-16-39(17-15-26)25-10-4-22(19-41)5-11-25/h2-5,7-11,13,18-20,26H,6,12,14-17H2,1H3,(H2,35,36,37). The summed E-state index contributed by atoms with van der Waals surface area (Å²) in [5, 5.41) is 5.73. The molecule has 1 aliphatic rings. The number of anilines is 2. The van der Waals surface area contributed by atoms with Crippen molar-refractivity contribution in [2.45, 2.75) is 31.7 Å². The third kappa shape index (κ3) is 5.68. The fourth-order valence-electron chi connectivity index (χ4n) is 5.70. The summed E-state index contributed by atoms with van der Waals surface area (Å²) < 4.78 is 21.0. The van der Waals surface area contributed by atoms with Gasteiger partial charge < -0.3 is 15.4 Å². The highest BCUT2D eigenvalue weighted by Crippen LogP contribution is 2.35. The summed E-state index contributed by atoms with van der Waals surface area (Å²) in [6.45, 7) is 1.69. The first kappa shape index (κ1) is 28.0. The minimum atomic E-state index is -0.473. The first-order valence-corrected chi connectivity index (χ1v) is 14.2. The Bertz CT molecular complexity index is 1780. The van der Waals surface area contributed by atoms with Crippen LogP contribution in [0.2, 0.25) is 0 Å². The molecular weight excluding hydrogens is 547 g/mol. The van der Waals surface area contributed by atoms with E-state index in [1.165, 1.54) is 31.6 Å². The molecule has 0 aliphatic carbocycles. The molecule has 0 bridgehead atoms. The van der Waals surface area contributed by atoms with Gasteiger partial charge in [-0.1, -0.05) is 24.3 Å². The maximum absolute atomic E-state index is 13.7. The molecule has 5 aromatic rings. The number of aromatic nitrogens is 4. The highest BCUT2D eigenvalue weighted by Gasteiger charge is 2.26. The second-order valence-corrected chi connectivity index (χ2v) is 10.6. The zero-order valence-corrected chi connectivity index (χ0v) is 23.7. The van der Waals surface area contributed by atoms with Crippen molar-refractivity contribution in [3.63, 3.8) is 0 Å². The number of benzene rings is 3. The Labute approximate surface area is 248 Å². The van der Waals surface area contributed by atoms with E-state index in [0.717, 1.165) is 54.4 Å². The quantitative estimate of drug-likeness (QED) is 0.175. The van der Waals surface area contributed by atoms with Gasteiger partial charge in [0.2, 0.25) is 0 Å². The van der Waals surface area contributed by atoms with Crippen molar-refractivity contribution < 1.29 is 18.7 Å². The minimum absolute atomic E-state index is 0.140. The predicted molar refractivity (Wildman–Crippen MR) is 163 cm³/mol. The summed E-state index contributed by atoms with van der Waals surface area (Å²) in [5.74, 6) is 0.0825. The van der Waals surface area contributed by atoms with Crippen molar-refractivity contribution in [2.75, 3.05) is 30.8 Å². The zero-order chi connectivity index (χ0) is 29.9. The number of carbonyl (C=O) groups excluding carboxylic acids is 2. The lowest BCUT2D eigenvalue weighted by molar-refractivity contribution is 0.0979. The number of aryl methyl sites for hydroxylation is 1. The number of ether oxygens (including phenoxy) is 1. The molecule has 10 heteroatoms. The van der Waals surface area contributed by atoms with E-state index in [9.17, 15) is 14.0 Å². The SMILES string of the molecule is COc1ccc(F)cc1C(=O)CCc1ccc(-c2nn(C3CCN(c4ccc(C=O)cc4)CC3)c3ncnc(N)c23)cc1. The molecule has 218 valence electrons. The molecule has 0 unspecified atom stereocenters. The molecule has 2 N–H and O–H groups in total. The van der Waals surface area contributed by atoms with Gasteiger partial charge in [0, 0.05) is 36.3 Å². The van der Waals surface area contributed by atoms with Crippen LogP contribution in [0, 0.1) is 5.82 Å². The summed E-state index contributed by atoms with van der Waals surface area (Å²) in [4.78, 5) is 34.9. The van der Waals surface area contributed by atoms with E-state index in [1.807, 2.05) is 53.2 Å². The molecule has 43 heavy (non-hydrogen) atoms. The highest BCUT2D eigenvalue weighted by molar-refractivity contribution is 5.99. The number of fused-ring (bicyclic) bond motifs is 1. The van der Waals surface area contributed by atoms with Gasteiger partial charge in [-0.3, -0.25) is 9.59 Å². The third-order valence-electron chi connectivity index (χ3n) is 8.05. The number of halogens is 1. The number of nitrogens with zero attached hydrogens (tertiary/aromatic N) is 5. The largest absolute Gasteiger partial charge is 0.496 e. The smallest absolute Gasteiger partial charge is 0.167 e. The van der Waals surface area contributed by atoms with Crippen LogP contribution in [0.5, 0.6) is 5.75 Å². The Balaban J connectivity index is 1.19. The minimum Gasteiger partial charge on any atom is -0.496 e. The van der Waals surface area contributed by atoms with Gasteiger partial charge in [-0.25, -0.2) is 19.0 Å². The maximum Gasteiger partial charge on any atom is 0.167 e. The molecule has 1 saturated heterocycles. The molecule has 1 fully saturated rings. The molecule has 0 atom stereocenters. The number of hydrogen-bond acceptors (Lipinski definition) is 8. The predicted octanol–water partition coefficient (Wildman–Crippen LogP) is 5.69. The van der Waals surface area contributed by atoms with Gasteiger partial charge in [-0.2, -0.15) is 5.10 Å². The molecule has 6 rings (SSSR count). The van der Waals surface area contributed by atoms with Gasteiger partial charge in [-0.05, 0) is 67.3 Å². The number of rotatable bonds is 9. The molecule has 0 saturated carbocycles. The fourth-order valence-corrected chi connectivity index (χ4v) is 5.70. The number of carbonyl (C=O) groups is 2. The van der Waals surface area contributed by atoms with E-state index in [1.54, 1.807) is 0 Å². The Morgan fingerprint density at radius 2 is 1.79 bits per heavy atom. The van der Waals surface area contributed by atoms with Gasteiger partial charge in [0.1, 0.15) is 35.7 Å². The van der Waals surface area contributed by atoms with Crippen molar-refractivity contribution >= 4 is 34.6 Å². The lowest BCUT2D eigenvalue weighted by Crippen LogP contribution is -2.35. The van der Waals surface area contributed by atoms with Crippen LogP contribution in [0.3, 0.4) is 0 Å². The molecule has 3 aromatic carbocycles. The number of nitrogen functional groups attached to an aromatic ring is 1. The Hall–Kier alpha value is -5.12. The summed E-state index contributed by atoms with van der Waals surface area (Å²) in [6.07, 6.45) is 4.78. The number of hydrogen-bond donors (Lipinski definition) is 1. The van der Waals surface area contributed by atoms with E-state index in [2.05, 4.69) is 14.9 Å². The van der Waals surface area contributed by atoms with Crippen LogP contribution in [0.15, 0.2) is 73.1 Å². The highest BCUT2D eigenvalue weighted by atomic mass is 19.1. The van der Waals surface area contributed by atoms with Crippen molar-refractivity contribution in [1.82, 2.24) is 19.7 Å². The molecule has 9 nitrogen and oxygen atoms in total. The Morgan fingerprint density at radius 3 is 2.49 bits per heavy atom. The average molecular weight is 579 g/mol. The summed E-state index contributed by atoms with van der Waals surface area (Å²) in [6, 6.07) is 19.6. The van der Waals surface area contributed by atoms with E-state index < -0.39 is 5.82 Å². The zero-order valence-electron chi connectivity index (χ0n) is 23.7. The monoisotopic (exact) mass is 578 g/mol. The number of Topliss-reactive ketones (excluding diaryl/α,β-unsaturated/α-hetero) is 1. The van der Waals surface area contributed by atoms with Crippen molar-refractivity contribution in [1.29, 1.82) is 0 Å². The van der Waals surface area contributed by atoms with Crippen LogP contribution < -0.4 is 15.4 Å². The van der Waals surface area contributed by atoms with Crippen molar-refractivity contribution in [3.05, 3.63) is 95.6 Å². The first-order valence-electron chi connectivity index (χ1n) is 14.2. The number of piperidine rings is 1. The van der Waals surface area contributed by atoms with E-state index in [-0.39, 0.29) is 23.8 Å². The lowest BCUT2D eigenvalue weighted by atomic mass is 10.00. The molecule has 2 aromatic heterocycles. The number of aldehydes is 1. The summed E-state index contributed by atoms with van der Waals surface area (Å²) in [7, 11) is 1.46. The topological polar surface area (TPSA) is 116 Å². The van der Waals surface area contributed by atoms with Crippen LogP contribution in [0.25, 0.3) is 22.3 Å². The van der Waals surface area contributed by atoms with Gasteiger partial charge in [-0.15, -0.1) is 0 Å². The molecule has 1 aliphatic heterocycles. The maximum atomic E-state index is 13.7. The van der Waals surface area contributed by atoms with Crippen LogP contribution in [0.4, 0.5) is 15.9 Å². The molecule has 0 radical (unpaired) electrons. The number of ketones is 1. The molecule has 0 spiro atoms. The number of nitrogens with two attached hydrogens (primary N) is 1. The van der Waals surface area contributed by atoms with E-state index in [0.29, 0.717) is 34.9 Å². The van der Waals surface area contributed by atoms with Gasteiger partial charge >= 0.3 is 0 Å². The number of methoxy groups -OCH3 is 1. The summed E-state index contributed by atoms with van der Waals surface area (Å²) in [5.41, 5.74) is 11.6. The first-order chi connectivity index (χ1) is 20.9. The Kier molecular flexibility index (Phi) is 7.83. The second kappa shape index (κ2) is 12.0. The molecule has 3 heterocycles. The van der Waals surface area contributed by atoms with Gasteiger partial charge in [0.25, 0.3) is 0 Å². The fraction of sp³-hybridized carbons (Fsp3) is 0.242. The van der Waals surface area contributed by atoms with Crippen LogP contribution in [0.1, 0.15) is 51.6 Å². The summed E-state index contributed by atoms with van der Waals surface area (Å²) >= 11 is 0. The normalized spacial score (nSPS) is 13.8. The van der Waals surface area contributed by atoms with Crippen molar-refractivity contribution in [2.24, 2.45) is 0 Å². The average Bonchev–Trinajstić information content (AvgIpc) is 3.45.